The van der Waals surface area contributed by atoms with E-state index >= 15 is 0 Å². The van der Waals surface area contributed by atoms with E-state index in [0.29, 0.717) is 52.6 Å². The number of nitrogens with zero attached hydrogens (tertiary/aromatic N) is 3. The van der Waals surface area contributed by atoms with Crippen LogP contribution in [0.2, 0.25) is 5.02 Å². The fraction of sp³-hybridized carbons (Fsp3) is 0.217. The second-order valence-corrected chi connectivity index (χ2v) is 8.44. The summed E-state index contributed by atoms with van der Waals surface area (Å²) in [5.74, 6) is 0.339. The third-order valence-electron chi connectivity index (χ3n) is 5.67. The van der Waals surface area contributed by atoms with E-state index in [4.69, 9.17) is 16.0 Å². The number of furan rings is 1. The first-order valence-corrected chi connectivity index (χ1v) is 11.0. The Bertz CT molecular complexity index is 1400. The minimum atomic E-state index is -0.716. The van der Waals surface area contributed by atoms with Gasteiger partial charge in [-0.05, 0) is 56.5 Å². The number of aryl methyl sites for hydroxylation is 2. The molecule has 2 N–H and O–H groups in total. The number of hydrogen-bond donors (Lipinski definition) is 2. The van der Waals surface area contributed by atoms with Crippen molar-refractivity contribution in [3.05, 3.63) is 89.9 Å². The maximum absolute atomic E-state index is 13.0. The van der Waals surface area contributed by atoms with E-state index in [0.717, 1.165) is 17.7 Å². The number of nitro benzene ring substituents is 2. The van der Waals surface area contributed by atoms with Gasteiger partial charge >= 0.3 is 5.69 Å². The Morgan fingerprint density at radius 1 is 1.06 bits per heavy atom. The summed E-state index contributed by atoms with van der Waals surface area (Å²) in [5.41, 5.74) is 5.05. The van der Waals surface area contributed by atoms with E-state index < -0.39 is 27.1 Å². The molecule has 0 fully saturated rings. The van der Waals surface area contributed by atoms with Crippen molar-refractivity contribution in [2.45, 2.75) is 33.1 Å². The summed E-state index contributed by atoms with van der Waals surface area (Å²) in [4.78, 5) is 33.9. The lowest BCUT2D eigenvalue weighted by Crippen LogP contribution is -2.15. The van der Waals surface area contributed by atoms with Crippen molar-refractivity contribution in [2.75, 3.05) is 10.7 Å². The number of nitro groups is 2. The van der Waals surface area contributed by atoms with E-state index in [1.165, 1.54) is 6.07 Å². The molecular weight excluding hydrogens is 478 g/mol. The van der Waals surface area contributed by atoms with Gasteiger partial charge < -0.3 is 9.73 Å². The summed E-state index contributed by atoms with van der Waals surface area (Å²) in [6.07, 6.45) is 1.87. The Kier molecular flexibility index (Phi) is 6.52. The number of hydrogen-bond acceptors (Lipinski definition) is 8. The fourth-order valence-corrected chi connectivity index (χ4v) is 4.18. The molecule has 3 aromatic rings. The predicted octanol–water partition coefficient (Wildman–Crippen LogP) is 5.77. The number of non-ortho nitro benzene ring substituents is 1. The number of halogens is 1. The Hall–Kier alpha value is -4.25. The number of carbonyl (C=O) groups excluding carboxylic acids is 1. The van der Waals surface area contributed by atoms with Crippen LogP contribution in [0.4, 0.5) is 22.7 Å². The van der Waals surface area contributed by atoms with Crippen molar-refractivity contribution in [2.24, 2.45) is 5.10 Å². The third-order valence-corrected chi connectivity index (χ3v) is 5.90. The van der Waals surface area contributed by atoms with Crippen molar-refractivity contribution in [1.82, 2.24) is 0 Å². The van der Waals surface area contributed by atoms with Crippen LogP contribution in [-0.2, 0) is 6.42 Å². The quantitative estimate of drug-likeness (QED) is 0.323. The van der Waals surface area contributed by atoms with E-state index in [2.05, 4.69) is 15.8 Å². The Morgan fingerprint density at radius 3 is 2.49 bits per heavy atom. The molecule has 0 bridgehead atoms. The maximum atomic E-state index is 13.0. The number of fused-ring (bicyclic) bond motifs is 1. The van der Waals surface area contributed by atoms with Gasteiger partial charge in [-0.2, -0.15) is 5.10 Å². The van der Waals surface area contributed by atoms with Crippen LogP contribution >= 0.6 is 11.6 Å². The molecule has 1 amide bonds. The number of nitrogens with one attached hydrogen (secondary N) is 2. The molecule has 4 rings (SSSR count). The van der Waals surface area contributed by atoms with Crippen LogP contribution < -0.4 is 10.7 Å². The van der Waals surface area contributed by atoms with Gasteiger partial charge in [-0.3, -0.25) is 30.4 Å². The van der Waals surface area contributed by atoms with Gasteiger partial charge in [-0.15, -0.1) is 0 Å². The fourth-order valence-electron chi connectivity index (χ4n) is 3.95. The number of amides is 1. The molecule has 0 aliphatic heterocycles. The highest BCUT2D eigenvalue weighted by atomic mass is 35.5. The Balaban J connectivity index is 1.63. The lowest BCUT2D eigenvalue weighted by atomic mass is 9.93. The van der Waals surface area contributed by atoms with Crippen LogP contribution in [0.25, 0.3) is 0 Å². The number of hydrazone groups is 1. The molecule has 180 valence electrons. The topological polar surface area (TPSA) is 153 Å². The lowest BCUT2D eigenvalue weighted by Gasteiger charge is -2.14. The molecular formula is C23H20ClN5O6. The van der Waals surface area contributed by atoms with Gasteiger partial charge in [0.05, 0.1) is 21.6 Å². The molecule has 0 unspecified atom stereocenters. The normalized spacial score (nSPS) is 13.9. The monoisotopic (exact) mass is 497 g/mol. The van der Waals surface area contributed by atoms with Crippen LogP contribution in [0.5, 0.6) is 0 Å². The molecule has 1 aliphatic rings. The molecule has 11 nitrogen and oxygen atoms in total. The summed E-state index contributed by atoms with van der Waals surface area (Å²) in [5, 5.41) is 30.1. The van der Waals surface area contributed by atoms with Crippen LogP contribution in [0, 0.1) is 34.1 Å². The van der Waals surface area contributed by atoms with Crippen molar-refractivity contribution >= 4 is 46.0 Å². The SMILES string of the molecule is Cc1cc(Cl)ccc1NC(=O)c1oc2c(c1C)/C(=N/Nc1ccc([N+](=O)[O-])cc1[N+](=O)[O-])CCC2. The zero-order chi connectivity index (χ0) is 25.3. The average Bonchev–Trinajstić information content (AvgIpc) is 3.16. The van der Waals surface area contributed by atoms with Gasteiger partial charge in [0.15, 0.2) is 5.76 Å². The summed E-state index contributed by atoms with van der Waals surface area (Å²) in [6, 6.07) is 8.40. The largest absolute Gasteiger partial charge is 0.455 e. The maximum Gasteiger partial charge on any atom is 0.301 e. The molecule has 0 spiro atoms. The zero-order valence-electron chi connectivity index (χ0n) is 18.8. The molecule has 0 saturated carbocycles. The van der Waals surface area contributed by atoms with Crippen LogP contribution in [0.15, 0.2) is 45.9 Å². The zero-order valence-corrected chi connectivity index (χ0v) is 19.5. The number of benzene rings is 2. The Morgan fingerprint density at radius 2 is 1.80 bits per heavy atom. The molecule has 1 aliphatic carbocycles. The predicted molar refractivity (Wildman–Crippen MR) is 130 cm³/mol. The second kappa shape index (κ2) is 9.55. The smallest absolute Gasteiger partial charge is 0.301 e. The second-order valence-electron chi connectivity index (χ2n) is 8.01. The minimum Gasteiger partial charge on any atom is -0.455 e. The molecule has 0 atom stereocenters. The molecule has 35 heavy (non-hydrogen) atoms. The molecule has 1 heterocycles. The van der Waals surface area contributed by atoms with E-state index in [1.807, 2.05) is 6.92 Å². The molecule has 12 heteroatoms. The molecule has 0 radical (unpaired) electrons. The standard InChI is InChI=1S/C23H20ClN5O6/c1-12-10-14(24)6-8-16(12)25-23(30)22-13(2)21-18(4-3-5-20(21)35-22)27-26-17-9-7-15(28(31)32)11-19(17)29(33)34/h6-11,26H,3-5H2,1-2H3,(H,25,30)/b27-18+. The first kappa shape index (κ1) is 23.9. The van der Waals surface area contributed by atoms with Crippen molar-refractivity contribution in [3.63, 3.8) is 0 Å². The highest BCUT2D eigenvalue weighted by Crippen LogP contribution is 2.32. The number of rotatable bonds is 6. The van der Waals surface area contributed by atoms with Crippen LogP contribution in [-0.4, -0.2) is 21.5 Å². The minimum absolute atomic E-state index is 0.0116. The number of anilines is 2. The van der Waals surface area contributed by atoms with Crippen molar-refractivity contribution in [1.29, 1.82) is 0 Å². The van der Waals surface area contributed by atoms with Gasteiger partial charge in [-0.1, -0.05) is 11.6 Å². The van der Waals surface area contributed by atoms with E-state index in [9.17, 15) is 25.0 Å². The molecule has 2 aromatic carbocycles. The van der Waals surface area contributed by atoms with E-state index in [1.54, 1.807) is 25.1 Å². The summed E-state index contributed by atoms with van der Waals surface area (Å²) in [7, 11) is 0. The molecule has 0 saturated heterocycles. The average molecular weight is 498 g/mol. The highest BCUT2D eigenvalue weighted by Gasteiger charge is 2.28. The summed E-state index contributed by atoms with van der Waals surface area (Å²) in [6.45, 7) is 3.58. The first-order chi connectivity index (χ1) is 16.7. The van der Waals surface area contributed by atoms with Gasteiger partial charge in [0, 0.05) is 34.3 Å². The van der Waals surface area contributed by atoms with E-state index in [-0.39, 0.29) is 11.4 Å². The third kappa shape index (κ3) is 4.85. The number of carbonyl (C=O) groups is 1. The van der Waals surface area contributed by atoms with Crippen molar-refractivity contribution < 1.29 is 19.1 Å². The highest BCUT2D eigenvalue weighted by molar-refractivity contribution is 6.30. The first-order valence-electron chi connectivity index (χ1n) is 10.6. The van der Waals surface area contributed by atoms with Gasteiger partial charge in [0.2, 0.25) is 0 Å². The van der Waals surface area contributed by atoms with Gasteiger partial charge in [0.25, 0.3) is 11.6 Å². The van der Waals surface area contributed by atoms with Crippen molar-refractivity contribution in [3.8, 4) is 0 Å². The Labute approximate surface area is 204 Å². The lowest BCUT2D eigenvalue weighted by molar-refractivity contribution is -0.393. The van der Waals surface area contributed by atoms with Gasteiger partial charge in [0.1, 0.15) is 11.4 Å². The van der Waals surface area contributed by atoms with Gasteiger partial charge in [-0.25, -0.2) is 0 Å². The molecule has 1 aromatic heterocycles. The summed E-state index contributed by atoms with van der Waals surface area (Å²) >= 11 is 5.99. The summed E-state index contributed by atoms with van der Waals surface area (Å²) < 4.78 is 5.89. The van der Waals surface area contributed by atoms with Crippen LogP contribution in [0.3, 0.4) is 0 Å². The van der Waals surface area contributed by atoms with Crippen LogP contribution in [0.1, 0.15) is 45.8 Å².